The maximum absolute atomic E-state index is 4.74. The van der Waals surface area contributed by atoms with Gasteiger partial charge in [0.25, 0.3) is 0 Å². The van der Waals surface area contributed by atoms with E-state index in [1.54, 1.807) is 0 Å². The molecule has 1 aliphatic heterocycles. The molecule has 1 fully saturated rings. The third kappa shape index (κ3) is 5.51. The lowest BCUT2D eigenvalue weighted by Crippen LogP contribution is -2.45. The van der Waals surface area contributed by atoms with Gasteiger partial charge >= 0.3 is 0 Å². The van der Waals surface area contributed by atoms with E-state index in [1.807, 2.05) is 31.6 Å². The first kappa shape index (κ1) is 20.7. The molecule has 0 saturated carbocycles. The summed E-state index contributed by atoms with van der Waals surface area (Å²) in [5, 5.41) is 3.94. The summed E-state index contributed by atoms with van der Waals surface area (Å²) in [4.78, 5) is 15.9. The molecule has 28 heavy (non-hydrogen) atoms. The third-order valence-corrected chi connectivity index (χ3v) is 5.48. The van der Waals surface area contributed by atoms with Crippen molar-refractivity contribution < 1.29 is 0 Å². The maximum atomic E-state index is 4.74. The number of hydrogen-bond donors (Lipinski definition) is 1. The summed E-state index contributed by atoms with van der Waals surface area (Å²) in [6.45, 7) is 13.2. The van der Waals surface area contributed by atoms with Crippen LogP contribution in [0.25, 0.3) is 0 Å². The average molecular weight is 382 g/mol. The molecule has 1 saturated heterocycles. The molecular weight excluding hydrogens is 346 g/mol. The van der Waals surface area contributed by atoms with E-state index < -0.39 is 0 Å². The Labute approximate surface area is 170 Å². The topological polar surface area (TPSA) is 53.9 Å². The lowest BCUT2D eigenvalue weighted by Gasteiger charge is -2.37. The molecule has 1 aliphatic rings. The Hall–Kier alpha value is -2.01. The van der Waals surface area contributed by atoms with Gasteiger partial charge in [0.1, 0.15) is 11.6 Å². The van der Waals surface area contributed by atoms with Gasteiger partial charge in [-0.2, -0.15) is 0 Å². The number of hydrogen-bond acceptors (Lipinski definition) is 5. The minimum absolute atomic E-state index is 0.267. The molecule has 0 bridgehead atoms. The van der Waals surface area contributed by atoms with Crippen molar-refractivity contribution in [3.8, 4) is 0 Å². The van der Waals surface area contributed by atoms with Crippen LogP contribution in [0.4, 0.5) is 5.82 Å². The Balaban J connectivity index is 1.66. The summed E-state index contributed by atoms with van der Waals surface area (Å²) in [7, 11) is 0. The van der Waals surface area contributed by atoms with E-state index in [-0.39, 0.29) is 5.41 Å². The molecule has 2 aromatic heterocycles. The van der Waals surface area contributed by atoms with Crippen LogP contribution in [0, 0.1) is 12.3 Å². The van der Waals surface area contributed by atoms with E-state index in [0.717, 1.165) is 50.4 Å². The van der Waals surface area contributed by atoms with Gasteiger partial charge < -0.3 is 10.2 Å². The van der Waals surface area contributed by atoms with Crippen LogP contribution in [0.15, 0.2) is 30.7 Å². The van der Waals surface area contributed by atoms with Gasteiger partial charge in [-0.3, -0.25) is 4.98 Å². The molecule has 1 atom stereocenters. The first-order valence-corrected chi connectivity index (χ1v) is 10.6. The highest BCUT2D eigenvalue weighted by atomic mass is 15.2. The summed E-state index contributed by atoms with van der Waals surface area (Å²) in [5.74, 6) is 1.99. The van der Waals surface area contributed by atoms with Crippen LogP contribution < -0.4 is 10.2 Å². The van der Waals surface area contributed by atoms with E-state index >= 15 is 0 Å². The fourth-order valence-electron chi connectivity index (χ4n) is 4.02. The molecule has 0 amide bonds. The van der Waals surface area contributed by atoms with E-state index in [1.165, 1.54) is 11.1 Å². The van der Waals surface area contributed by atoms with Crippen LogP contribution in [0.3, 0.4) is 0 Å². The number of piperidine rings is 1. The Kier molecular flexibility index (Phi) is 6.65. The predicted octanol–water partition coefficient (Wildman–Crippen LogP) is 4.48. The number of anilines is 1. The van der Waals surface area contributed by atoms with E-state index in [4.69, 9.17) is 4.98 Å². The molecule has 5 nitrogen and oxygen atoms in total. The molecule has 0 aliphatic carbocycles. The van der Waals surface area contributed by atoms with Crippen molar-refractivity contribution in [1.82, 2.24) is 20.3 Å². The van der Waals surface area contributed by atoms with Gasteiger partial charge in [-0.25, -0.2) is 9.97 Å². The van der Waals surface area contributed by atoms with Crippen molar-refractivity contribution in [3.63, 3.8) is 0 Å². The summed E-state index contributed by atoms with van der Waals surface area (Å²) in [6, 6.07) is 5.11. The van der Waals surface area contributed by atoms with Crippen molar-refractivity contribution >= 4 is 5.82 Å². The first-order chi connectivity index (χ1) is 13.4. The van der Waals surface area contributed by atoms with Crippen molar-refractivity contribution in [2.45, 2.75) is 72.4 Å². The van der Waals surface area contributed by atoms with E-state index in [2.05, 4.69) is 53.9 Å². The van der Waals surface area contributed by atoms with Crippen LogP contribution >= 0.6 is 0 Å². The van der Waals surface area contributed by atoms with Crippen LogP contribution in [-0.2, 0) is 6.42 Å². The molecular formula is C23H35N5. The zero-order valence-electron chi connectivity index (χ0n) is 18.1. The molecule has 0 radical (unpaired) electrons. The second-order valence-corrected chi connectivity index (χ2v) is 9.15. The smallest absolute Gasteiger partial charge is 0.135 e. The average Bonchev–Trinajstić information content (AvgIpc) is 2.68. The number of nitrogens with one attached hydrogen (secondary N) is 1. The quantitative estimate of drug-likeness (QED) is 0.799. The lowest BCUT2D eigenvalue weighted by molar-refractivity contribution is 0.277. The van der Waals surface area contributed by atoms with Gasteiger partial charge in [0, 0.05) is 49.3 Å². The van der Waals surface area contributed by atoms with Gasteiger partial charge in [0.05, 0.1) is 0 Å². The SMILES string of the molecule is CCc1cnc(C)nc1N1CCC(NC(CC(C)(C)C)c2cccnc2)CC1. The monoisotopic (exact) mass is 381 g/mol. The Morgan fingerprint density at radius 3 is 2.57 bits per heavy atom. The summed E-state index contributed by atoms with van der Waals surface area (Å²) < 4.78 is 0. The fourth-order valence-corrected chi connectivity index (χ4v) is 4.02. The number of aromatic nitrogens is 3. The zero-order chi connectivity index (χ0) is 20.1. The molecule has 3 heterocycles. The van der Waals surface area contributed by atoms with E-state index in [9.17, 15) is 0 Å². The molecule has 0 spiro atoms. The molecule has 1 N–H and O–H groups in total. The molecule has 3 rings (SSSR count). The van der Waals surface area contributed by atoms with Crippen LogP contribution in [0.1, 0.15) is 70.0 Å². The summed E-state index contributed by atoms with van der Waals surface area (Å²) >= 11 is 0. The Morgan fingerprint density at radius 2 is 1.96 bits per heavy atom. The van der Waals surface area contributed by atoms with Crippen LogP contribution in [0.5, 0.6) is 0 Å². The molecule has 1 unspecified atom stereocenters. The predicted molar refractivity (Wildman–Crippen MR) is 116 cm³/mol. The van der Waals surface area contributed by atoms with Crippen molar-refractivity contribution in [2.75, 3.05) is 18.0 Å². The van der Waals surface area contributed by atoms with Crippen LogP contribution in [-0.4, -0.2) is 34.1 Å². The third-order valence-electron chi connectivity index (χ3n) is 5.48. The Morgan fingerprint density at radius 1 is 1.21 bits per heavy atom. The second-order valence-electron chi connectivity index (χ2n) is 9.15. The number of pyridine rings is 1. The largest absolute Gasteiger partial charge is 0.356 e. The molecule has 5 heteroatoms. The van der Waals surface area contributed by atoms with Crippen molar-refractivity contribution in [2.24, 2.45) is 5.41 Å². The number of nitrogens with zero attached hydrogens (tertiary/aromatic N) is 4. The number of aryl methyl sites for hydroxylation is 2. The number of rotatable bonds is 6. The zero-order valence-corrected chi connectivity index (χ0v) is 18.1. The Bertz CT molecular complexity index is 745. The highest BCUT2D eigenvalue weighted by Crippen LogP contribution is 2.31. The highest BCUT2D eigenvalue weighted by Gasteiger charge is 2.27. The minimum atomic E-state index is 0.267. The second kappa shape index (κ2) is 8.99. The molecule has 2 aromatic rings. The summed E-state index contributed by atoms with van der Waals surface area (Å²) in [6.07, 6.45) is 10.2. The van der Waals surface area contributed by atoms with Gasteiger partial charge in [-0.05, 0) is 49.7 Å². The molecule has 152 valence electrons. The first-order valence-electron chi connectivity index (χ1n) is 10.6. The van der Waals surface area contributed by atoms with Gasteiger partial charge in [0.2, 0.25) is 0 Å². The minimum Gasteiger partial charge on any atom is -0.356 e. The lowest BCUT2D eigenvalue weighted by atomic mass is 9.85. The summed E-state index contributed by atoms with van der Waals surface area (Å²) in [5.41, 5.74) is 2.81. The van der Waals surface area contributed by atoms with Crippen molar-refractivity contribution in [1.29, 1.82) is 0 Å². The normalized spacial score (nSPS) is 17.0. The van der Waals surface area contributed by atoms with E-state index in [0.29, 0.717) is 12.1 Å². The van der Waals surface area contributed by atoms with Crippen molar-refractivity contribution in [3.05, 3.63) is 47.7 Å². The fraction of sp³-hybridized carbons (Fsp3) is 0.609. The maximum Gasteiger partial charge on any atom is 0.135 e. The van der Waals surface area contributed by atoms with Gasteiger partial charge in [-0.15, -0.1) is 0 Å². The highest BCUT2D eigenvalue weighted by molar-refractivity contribution is 5.46. The standard InChI is InChI=1S/C23H35N5/c1-6-18-16-25-17(2)26-22(18)28-12-9-20(10-13-28)27-21(14-23(3,4)5)19-8-7-11-24-15-19/h7-8,11,15-16,20-21,27H,6,9-10,12-14H2,1-5H3. The van der Waals surface area contributed by atoms with Crippen LogP contribution in [0.2, 0.25) is 0 Å². The van der Waals surface area contributed by atoms with Gasteiger partial charge in [0.15, 0.2) is 0 Å². The molecule has 0 aromatic carbocycles. The van der Waals surface area contributed by atoms with Gasteiger partial charge in [-0.1, -0.05) is 33.8 Å².